The third-order valence-corrected chi connectivity index (χ3v) is 2.94. The molecule has 0 saturated carbocycles. The summed E-state index contributed by atoms with van der Waals surface area (Å²) in [6.45, 7) is 5.35. The lowest BCUT2D eigenvalue weighted by Gasteiger charge is -2.26. The maximum Gasteiger partial charge on any atom is 0.161 e. The molecule has 0 aliphatic carbocycles. The molecule has 1 atom stereocenters. The molecule has 2 rings (SSSR count). The average molecular weight is 207 g/mol. The Balaban J connectivity index is 2.36. The van der Waals surface area contributed by atoms with Crippen molar-refractivity contribution in [1.82, 2.24) is 0 Å². The topological polar surface area (TPSA) is 44.5 Å². The number of fused-ring (bicyclic) bond motifs is 1. The van der Waals surface area contributed by atoms with E-state index >= 15 is 0 Å². The number of nitrogens with two attached hydrogens (primary N) is 1. The SMILES string of the molecule is CCC(C)(N)c1ccc2c(c1)OCCO2. The third-order valence-electron chi connectivity index (χ3n) is 2.94. The van der Waals surface area contributed by atoms with Gasteiger partial charge in [-0.2, -0.15) is 0 Å². The first-order valence-electron chi connectivity index (χ1n) is 5.32. The molecule has 0 aromatic heterocycles. The number of ether oxygens (including phenoxy) is 2. The van der Waals surface area contributed by atoms with Crippen LogP contribution in [0.25, 0.3) is 0 Å². The van der Waals surface area contributed by atoms with E-state index in [0.29, 0.717) is 13.2 Å². The molecule has 0 saturated heterocycles. The van der Waals surface area contributed by atoms with Gasteiger partial charge < -0.3 is 15.2 Å². The number of hydrogen-bond donors (Lipinski definition) is 1. The Kier molecular flexibility index (Phi) is 2.57. The molecule has 82 valence electrons. The second-order valence-corrected chi connectivity index (χ2v) is 4.13. The normalized spacial score (nSPS) is 18.3. The molecule has 15 heavy (non-hydrogen) atoms. The molecule has 1 heterocycles. The number of rotatable bonds is 2. The summed E-state index contributed by atoms with van der Waals surface area (Å²) in [5, 5.41) is 0. The first-order chi connectivity index (χ1) is 7.13. The maximum atomic E-state index is 6.17. The van der Waals surface area contributed by atoms with Crippen LogP contribution in [-0.4, -0.2) is 13.2 Å². The van der Waals surface area contributed by atoms with Crippen LogP contribution in [0, 0.1) is 0 Å². The molecule has 1 aliphatic rings. The number of hydrogen-bond acceptors (Lipinski definition) is 3. The van der Waals surface area contributed by atoms with Gasteiger partial charge in [-0.3, -0.25) is 0 Å². The summed E-state index contributed by atoms with van der Waals surface area (Å²) >= 11 is 0. The van der Waals surface area contributed by atoms with E-state index < -0.39 is 0 Å². The maximum absolute atomic E-state index is 6.17. The van der Waals surface area contributed by atoms with Crippen LogP contribution < -0.4 is 15.2 Å². The van der Waals surface area contributed by atoms with E-state index in [4.69, 9.17) is 15.2 Å². The van der Waals surface area contributed by atoms with Crippen LogP contribution >= 0.6 is 0 Å². The van der Waals surface area contributed by atoms with Crippen LogP contribution in [0.2, 0.25) is 0 Å². The van der Waals surface area contributed by atoms with E-state index in [9.17, 15) is 0 Å². The van der Waals surface area contributed by atoms with Crippen molar-refractivity contribution in [1.29, 1.82) is 0 Å². The molecule has 0 amide bonds. The summed E-state index contributed by atoms with van der Waals surface area (Å²) in [7, 11) is 0. The summed E-state index contributed by atoms with van der Waals surface area (Å²) in [6, 6.07) is 5.93. The highest BCUT2D eigenvalue weighted by molar-refractivity contribution is 5.45. The molecular weight excluding hydrogens is 190 g/mol. The van der Waals surface area contributed by atoms with Gasteiger partial charge in [0.25, 0.3) is 0 Å². The lowest BCUT2D eigenvalue weighted by atomic mass is 9.90. The quantitative estimate of drug-likeness (QED) is 0.807. The number of benzene rings is 1. The molecule has 0 fully saturated rings. The van der Waals surface area contributed by atoms with Gasteiger partial charge in [-0.1, -0.05) is 13.0 Å². The second-order valence-electron chi connectivity index (χ2n) is 4.13. The van der Waals surface area contributed by atoms with Gasteiger partial charge in [0, 0.05) is 5.54 Å². The average Bonchev–Trinajstić information content (AvgIpc) is 2.28. The van der Waals surface area contributed by atoms with Crippen LogP contribution in [0.15, 0.2) is 18.2 Å². The van der Waals surface area contributed by atoms with Crippen molar-refractivity contribution in [3.8, 4) is 11.5 Å². The molecule has 0 bridgehead atoms. The molecule has 1 aromatic carbocycles. The van der Waals surface area contributed by atoms with E-state index in [0.717, 1.165) is 23.5 Å². The molecule has 1 aliphatic heterocycles. The summed E-state index contributed by atoms with van der Waals surface area (Å²) in [6.07, 6.45) is 0.895. The fourth-order valence-electron chi connectivity index (χ4n) is 1.60. The van der Waals surface area contributed by atoms with Gasteiger partial charge >= 0.3 is 0 Å². The van der Waals surface area contributed by atoms with Gasteiger partial charge in [-0.25, -0.2) is 0 Å². The Morgan fingerprint density at radius 1 is 1.27 bits per heavy atom. The van der Waals surface area contributed by atoms with Crippen molar-refractivity contribution in [3.63, 3.8) is 0 Å². The Labute approximate surface area is 90.2 Å². The van der Waals surface area contributed by atoms with Gasteiger partial charge in [0.2, 0.25) is 0 Å². The van der Waals surface area contributed by atoms with Crippen LogP contribution in [0.4, 0.5) is 0 Å². The van der Waals surface area contributed by atoms with Crippen molar-refractivity contribution >= 4 is 0 Å². The Morgan fingerprint density at radius 2 is 1.93 bits per heavy atom. The minimum Gasteiger partial charge on any atom is -0.486 e. The van der Waals surface area contributed by atoms with Crippen molar-refractivity contribution < 1.29 is 9.47 Å². The molecule has 1 aromatic rings. The minimum atomic E-state index is -0.296. The predicted octanol–water partition coefficient (Wildman–Crippen LogP) is 2.04. The Hall–Kier alpha value is -1.22. The van der Waals surface area contributed by atoms with Crippen molar-refractivity contribution in [2.24, 2.45) is 5.73 Å². The fourth-order valence-corrected chi connectivity index (χ4v) is 1.60. The van der Waals surface area contributed by atoms with Crippen molar-refractivity contribution in [2.75, 3.05) is 13.2 Å². The first-order valence-corrected chi connectivity index (χ1v) is 5.32. The van der Waals surface area contributed by atoms with E-state index in [1.807, 2.05) is 25.1 Å². The van der Waals surface area contributed by atoms with E-state index in [1.54, 1.807) is 0 Å². The smallest absolute Gasteiger partial charge is 0.161 e. The zero-order valence-corrected chi connectivity index (χ0v) is 9.25. The third kappa shape index (κ3) is 1.92. The summed E-state index contributed by atoms with van der Waals surface area (Å²) in [5.74, 6) is 1.63. The molecule has 2 N–H and O–H groups in total. The van der Waals surface area contributed by atoms with Crippen LogP contribution in [-0.2, 0) is 5.54 Å². The lowest BCUT2D eigenvalue weighted by molar-refractivity contribution is 0.171. The van der Waals surface area contributed by atoms with Gasteiger partial charge in [0.05, 0.1) is 0 Å². The highest BCUT2D eigenvalue weighted by Gasteiger charge is 2.21. The Bertz CT molecular complexity index is 361. The lowest BCUT2D eigenvalue weighted by Crippen LogP contribution is -2.32. The van der Waals surface area contributed by atoms with E-state index in [2.05, 4.69) is 6.92 Å². The summed E-state index contributed by atoms with van der Waals surface area (Å²) in [5.41, 5.74) is 6.97. The van der Waals surface area contributed by atoms with Gasteiger partial charge in [-0.05, 0) is 31.0 Å². The minimum absolute atomic E-state index is 0.296. The zero-order chi connectivity index (χ0) is 10.9. The largest absolute Gasteiger partial charge is 0.486 e. The molecular formula is C12H17NO2. The Morgan fingerprint density at radius 3 is 2.60 bits per heavy atom. The molecule has 1 unspecified atom stereocenters. The van der Waals surface area contributed by atoms with Crippen molar-refractivity contribution in [3.05, 3.63) is 23.8 Å². The monoisotopic (exact) mass is 207 g/mol. The van der Waals surface area contributed by atoms with Gasteiger partial charge in [0.1, 0.15) is 13.2 Å². The highest BCUT2D eigenvalue weighted by Crippen LogP contribution is 2.34. The van der Waals surface area contributed by atoms with Gasteiger partial charge in [-0.15, -0.1) is 0 Å². The molecule has 3 heteroatoms. The van der Waals surface area contributed by atoms with Crippen LogP contribution in [0.5, 0.6) is 11.5 Å². The van der Waals surface area contributed by atoms with Gasteiger partial charge in [0.15, 0.2) is 11.5 Å². The standard InChI is InChI=1S/C12H17NO2/c1-3-12(2,13)9-4-5-10-11(8-9)15-7-6-14-10/h4-5,8H,3,6-7,13H2,1-2H3. The molecule has 3 nitrogen and oxygen atoms in total. The zero-order valence-electron chi connectivity index (χ0n) is 9.25. The van der Waals surface area contributed by atoms with Crippen molar-refractivity contribution in [2.45, 2.75) is 25.8 Å². The molecule has 0 spiro atoms. The van der Waals surface area contributed by atoms with E-state index in [-0.39, 0.29) is 5.54 Å². The van der Waals surface area contributed by atoms with Crippen LogP contribution in [0.1, 0.15) is 25.8 Å². The van der Waals surface area contributed by atoms with E-state index in [1.165, 1.54) is 0 Å². The highest BCUT2D eigenvalue weighted by atomic mass is 16.6. The first kappa shape index (κ1) is 10.3. The summed E-state index contributed by atoms with van der Waals surface area (Å²) < 4.78 is 11.0. The van der Waals surface area contributed by atoms with Crippen LogP contribution in [0.3, 0.4) is 0 Å². The molecule has 0 radical (unpaired) electrons. The second kappa shape index (κ2) is 3.74. The fraction of sp³-hybridized carbons (Fsp3) is 0.500. The predicted molar refractivity (Wildman–Crippen MR) is 59.3 cm³/mol. The summed E-state index contributed by atoms with van der Waals surface area (Å²) in [4.78, 5) is 0.